The van der Waals surface area contributed by atoms with Gasteiger partial charge in [-0.25, -0.2) is 21.6 Å². The maximum absolute atomic E-state index is 12.1. The predicted octanol–water partition coefficient (Wildman–Crippen LogP) is 1.16. The fourth-order valence-corrected chi connectivity index (χ4v) is 4.35. The molecule has 0 aliphatic heterocycles. The summed E-state index contributed by atoms with van der Waals surface area (Å²) in [5.41, 5.74) is 0. The van der Waals surface area contributed by atoms with Gasteiger partial charge in [-0.15, -0.1) is 12.4 Å². The number of likely N-dealkylation sites (N-methyl/N-ethyl adjacent to an activating group) is 1. The van der Waals surface area contributed by atoms with E-state index in [-0.39, 0.29) is 39.3 Å². The molecule has 0 saturated heterocycles. The zero-order chi connectivity index (χ0) is 15.6. The lowest BCUT2D eigenvalue weighted by molar-refractivity contribution is 0.553. The molecule has 0 aliphatic rings. The van der Waals surface area contributed by atoms with E-state index in [9.17, 15) is 16.8 Å². The van der Waals surface area contributed by atoms with Gasteiger partial charge >= 0.3 is 0 Å². The molecule has 2 N–H and O–H groups in total. The highest BCUT2D eigenvalue weighted by Crippen LogP contribution is 2.25. The third-order valence-electron chi connectivity index (χ3n) is 2.69. The Morgan fingerprint density at radius 3 is 2.24 bits per heavy atom. The van der Waals surface area contributed by atoms with Gasteiger partial charge in [0.2, 0.25) is 10.0 Å². The number of rotatable bonds is 6. The van der Waals surface area contributed by atoms with Crippen LogP contribution in [0.5, 0.6) is 0 Å². The van der Waals surface area contributed by atoms with Crippen LogP contribution in [-0.4, -0.2) is 42.7 Å². The van der Waals surface area contributed by atoms with Crippen LogP contribution in [0.25, 0.3) is 0 Å². The first kappa shape index (κ1) is 20.8. The van der Waals surface area contributed by atoms with Gasteiger partial charge < -0.3 is 5.32 Å². The van der Waals surface area contributed by atoms with E-state index in [4.69, 9.17) is 0 Å². The van der Waals surface area contributed by atoms with Crippen molar-refractivity contribution in [2.45, 2.75) is 22.8 Å². The highest BCUT2D eigenvalue weighted by Gasteiger charge is 2.20. The molecule has 21 heavy (non-hydrogen) atoms. The number of hydrogen-bond donors (Lipinski definition) is 2. The first-order chi connectivity index (χ1) is 9.08. The van der Waals surface area contributed by atoms with E-state index in [2.05, 4.69) is 26.0 Å². The Bertz CT molecular complexity index is 692. The predicted molar refractivity (Wildman–Crippen MR) is 88.2 cm³/mol. The average Bonchev–Trinajstić information content (AvgIpc) is 2.34. The normalized spacial score (nSPS) is 13.5. The average molecular weight is 422 g/mol. The molecule has 1 aromatic rings. The Balaban J connectivity index is 0.00000400. The molecule has 0 aliphatic carbocycles. The Kier molecular flexibility index (Phi) is 7.82. The first-order valence-corrected chi connectivity index (χ1v) is 9.91. The minimum atomic E-state index is -3.69. The van der Waals surface area contributed by atoms with Crippen LogP contribution in [-0.2, 0) is 19.9 Å². The van der Waals surface area contributed by atoms with Crippen molar-refractivity contribution in [3.05, 3.63) is 22.7 Å². The Morgan fingerprint density at radius 1 is 1.24 bits per heavy atom. The van der Waals surface area contributed by atoms with Crippen LogP contribution in [0.3, 0.4) is 0 Å². The van der Waals surface area contributed by atoms with Crippen LogP contribution >= 0.6 is 28.3 Å². The molecule has 1 atom stereocenters. The molecule has 0 amide bonds. The summed E-state index contributed by atoms with van der Waals surface area (Å²) in [6.45, 7) is 2.07. The summed E-state index contributed by atoms with van der Waals surface area (Å²) < 4.78 is 49.7. The van der Waals surface area contributed by atoms with Gasteiger partial charge in [-0.1, -0.05) is 0 Å². The van der Waals surface area contributed by atoms with Crippen LogP contribution in [0, 0.1) is 0 Å². The minimum Gasteiger partial charge on any atom is -0.316 e. The second-order valence-corrected chi connectivity index (χ2v) is 9.01. The van der Waals surface area contributed by atoms with Gasteiger partial charge in [0.05, 0.1) is 9.79 Å². The monoisotopic (exact) mass is 420 g/mol. The maximum Gasteiger partial charge on any atom is 0.241 e. The Labute approximate surface area is 140 Å². The summed E-state index contributed by atoms with van der Waals surface area (Å²) in [6.07, 6.45) is 1.07. The van der Waals surface area contributed by atoms with Gasteiger partial charge in [0.25, 0.3) is 0 Å². The van der Waals surface area contributed by atoms with Crippen molar-refractivity contribution < 1.29 is 16.8 Å². The van der Waals surface area contributed by atoms with Crippen LogP contribution in [0.1, 0.15) is 6.92 Å². The number of benzene rings is 1. The Morgan fingerprint density at radius 2 is 1.81 bits per heavy atom. The molecule has 1 aromatic carbocycles. The minimum absolute atomic E-state index is 0. The van der Waals surface area contributed by atoms with Gasteiger partial charge in [0.15, 0.2) is 9.84 Å². The third kappa shape index (κ3) is 5.84. The summed E-state index contributed by atoms with van der Waals surface area (Å²) in [5.74, 6) is 0. The third-order valence-corrected chi connectivity index (χ3v) is 6.20. The second-order valence-electron chi connectivity index (χ2n) is 4.41. The molecule has 1 unspecified atom stereocenters. The van der Waals surface area contributed by atoms with Gasteiger partial charge in [-0.05, 0) is 48.1 Å². The van der Waals surface area contributed by atoms with Gasteiger partial charge in [0.1, 0.15) is 0 Å². The highest BCUT2D eigenvalue weighted by atomic mass is 79.9. The molecule has 0 saturated carbocycles. The van der Waals surface area contributed by atoms with E-state index in [0.29, 0.717) is 0 Å². The Hall–Kier alpha value is -0.190. The molecule has 0 fully saturated rings. The first-order valence-electron chi connectivity index (χ1n) is 5.74. The summed E-state index contributed by atoms with van der Waals surface area (Å²) in [7, 11) is -5.33. The van der Waals surface area contributed by atoms with Gasteiger partial charge in [0, 0.05) is 23.3 Å². The largest absolute Gasteiger partial charge is 0.316 e. The topological polar surface area (TPSA) is 92.3 Å². The zero-order valence-corrected chi connectivity index (χ0v) is 15.8. The fourth-order valence-electron chi connectivity index (χ4n) is 1.34. The smallest absolute Gasteiger partial charge is 0.241 e. The van der Waals surface area contributed by atoms with Crippen molar-refractivity contribution in [1.29, 1.82) is 0 Å². The number of nitrogens with one attached hydrogen (secondary N) is 2. The van der Waals surface area contributed by atoms with Gasteiger partial charge in [-0.3, -0.25) is 0 Å². The molecule has 0 heterocycles. The summed E-state index contributed by atoms with van der Waals surface area (Å²) in [5, 5.41) is 2.91. The molecule has 10 heteroatoms. The van der Waals surface area contributed by atoms with Crippen molar-refractivity contribution in [2.24, 2.45) is 0 Å². The molecular weight excluding hydrogens is 404 g/mol. The molecule has 0 spiro atoms. The van der Waals surface area contributed by atoms with Crippen LogP contribution in [0.2, 0.25) is 0 Å². The molecule has 0 aromatic heterocycles. The molecule has 122 valence electrons. The van der Waals surface area contributed by atoms with E-state index < -0.39 is 19.9 Å². The van der Waals surface area contributed by atoms with E-state index in [1.54, 1.807) is 7.05 Å². The standard InChI is InChI=1S/C11H17BrN2O4S2.ClH/c1-8(13-2)7-14-20(17,18)11-5-4-9(6-10(11)12)19(3,15)16;/h4-6,8,13-14H,7H2,1-3H3;1H. The van der Waals surface area contributed by atoms with E-state index in [1.165, 1.54) is 18.2 Å². The van der Waals surface area contributed by atoms with Gasteiger partial charge in [-0.2, -0.15) is 0 Å². The van der Waals surface area contributed by atoms with Crippen molar-refractivity contribution in [3.8, 4) is 0 Å². The second kappa shape index (κ2) is 7.89. The summed E-state index contributed by atoms with van der Waals surface area (Å²) in [6, 6.07) is 3.81. The zero-order valence-electron chi connectivity index (χ0n) is 11.8. The van der Waals surface area contributed by atoms with Crippen molar-refractivity contribution in [2.75, 3.05) is 19.8 Å². The lowest BCUT2D eigenvalue weighted by atomic mass is 10.4. The summed E-state index contributed by atoms with van der Waals surface area (Å²) >= 11 is 3.10. The number of sulfone groups is 1. The number of hydrogen-bond acceptors (Lipinski definition) is 5. The lowest BCUT2D eigenvalue weighted by Crippen LogP contribution is -2.37. The number of halogens is 2. The SMILES string of the molecule is CNC(C)CNS(=O)(=O)c1ccc(S(C)(=O)=O)cc1Br.Cl. The van der Waals surface area contributed by atoms with E-state index >= 15 is 0 Å². The van der Waals surface area contributed by atoms with Crippen LogP contribution in [0.4, 0.5) is 0 Å². The lowest BCUT2D eigenvalue weighted by Gasteiger charge is -2.13. The molecule has 1 rings (SSSR count). The van der Waals surface area contributed by atoms with Crippen molar-refractivity contribution >= 4 is 48.2 Å². The van der Waals surface area contributed by atoms with Crippen molar-refractivity contribution in [3.63, 3.8) is 0 Å². The molecule has 0 radical (unpaired) electrons. The molecule has 0 bridgehead atoms. The number of sulfonamides is 1. The van der Waals surface area contributed by atoms with E-state index in [0.717, 1.165) is 6.26 Å². The molecule has 6 nitrogen and oxygen atoms in total. The molecular formula is C11H18BrClN2O4S2. The summed E-state index contributed by atoms with van der Waals surface area (Å²) in [4.78, 5) is 0.0696. The van der Waals surface area contributed by atoms with Crippen molar-refractivity contribution in [1.82, 2.24) is 10.0 Å². The quantitative estimate of drug-likeness (QED) is 0.719. The van der Waals surface area contributed by atoms with Crippen LogP contribution < -0.4 is 10.0 Å². The highest BCUT2D eigenvalue weighted by molar-refractivity contribution is 9.10. The maximum atomic E-state index is 12.1. The van der Waals surface area contributed by atoms with E-state index in [1.807, 2.05) is 6.92 Å². The van der Waals surface area contributed by atoms with Crippen LogP contribution in [0.15, 0.2) is 32.5 Å². The fraction of sp³-hybridized carbons (Fsp3) is 0.455.